The molecule has 0 spiro atoms. The molecule has 0 aliphatic heterocycles. The molecule has 0 aromatic carbocycles. The average molecular weight is 422 g/mol. The Labute approximate surface area is 144 Å². The summed E-state index contributed by atoms with van der Waals surface area (Å²) in [6, 6.07) is 0. The van der Waals surface area contributed by atoms with E-state index in [9.17, 15) is 14.7 Å². The van der Waals surface area contributed by atoms with Crippen molar-refractivity contribution in [1.82, 2.24) is 0 Å². The predicted octanol–water partition coefficient (Wildman–Crippen LogP) is 2.51. The van der Waals surface area contributed by atoms with Gasteiger partial charge in [-0.3, -0.25) is 9.59 Å². The number of aliphatic hydroxyl groups is 1. The van der Waals surface area contributed by atoms with Crippen molar-refractivity contribution in [2.45, 2.75) is 72.9 Å². The van der Waals surface area contributed by atoms with Crippen LogP contribution in [0.15, 0.2) is 0 Å². The summed E-state index contributed by atoms with van der Waals surface area (Å²) in [5, 5.41) is 10.8. The van der Waals surface area contributed by atoms with E-state index >= 15 is 0 Å². The van der Waals surface area contributed by atoms with Gasteiger partial charge in [0.25, 0.3) is 0 Å². The Morgan fingerprint density at radius 2 is 1.86 bits per heavy atom. The van der Waals surface area contributed by atoms with Crippen molar-refractivity contribution in [2.24, 2.45) is 5.92 Å². The summed E-state index contributed by atoms with van der Waals surface area (Å²) < 4.78 is 10.7. The third-order valence-electron chi connectivity index (χ3n) is 5.09. The highest BCUT2D eigenvalue weighted by Gasteiger charge is 2.64. The quantitative estimate of drug-likeness (QED) is 0.419. The molecule has 124 valence electrons. The molecule has 0 saturated heterocycles. The van der Waals surface area contributed by atoms with Gasteiger partial charge in [0, 0.05) is 16.3 Å². The molecule has 0 heterocycles. The fraction of sp³-hybridized carbons (Fsp3) is 0.875. The van der Waals surface area contributed by atoms with Crippen LogP contribution in [0.3, 0.4) is 0 Å². The molecule has 0 radical (unpaired) electrons. The predicted molar refractivity (Wildman–Crippen MR) is 87.6 cm³/mol. The molecular formula is C16H23IO5. The monoisotopic (exact) mass is 422 g/mol. The maximum Gasteiger partial charge on any atom is 0.306 e. The molecule has 0 amide bonds. The van der Waals surface area contributed by atoms with Gasteiger partial charge in [0.2, 0.25) is 0 Å². The minimum Gasteiger partial charge on any atom is -0.466 e. The van der Waals surface area contributed by atoms with Gasteiger partial charge in [-0.25, -0.2) is 0 Å². The van der Waals surface area contributed by atoms with E-state index in [2.05, 4.69) is 22.6 Å². The Bertz CT molecular complexity index is 473. The highest BCUT2D eigenvalue weighted by Crippen LogP contribution is 2.63. The third kappa shape index (κ3) is 3.27. The standard InChI is InChI=1S/C16H23IO5/c1-2-21-12(18)3-4-13(19)22-16-7-11-5-14(17,9-16)8-15(20,6-11)10-16/h11,20H,2-10H2,1H3. The second kappa shape index (κ2) is 5.61. The molecule has 4 rings (SSSR count). The van der Waals surface area contributed by atoms with Gasteiger partial charge in [-0.15, -0.1) is 0 Å². The number of carbonyl (C=O) groups is 2. The van der Waals surface area contributed by atoms with Gasteiger partial charge in [-0.05, 0) is 38.5 Å². The van der Waals surface area contributed by atoms with E-state index in [1.165, 1.54) is 0 Å². The summed E-state index contributed by atoms with van der Waals surface area (Å²) in [7, 11) is 0. The van der Waals surface area contributed by atoms with Crippen LogP contribution in [0.25, 0.3) is 0 Å². The number of hydrogen-bond acceptors (Lipinski definition) is 5. The van der Waals surface area contributed by atoms with Crippen LogP contribution in [0.5, 0.6) is 0 Å². The van der Waals surface area contributed by atoms with Crippen LogP contribution in [0.4, 0.5) is 0 Å². The van der Waals surface area contributed by atoms with Crippen LogP contribution < -0.4 is 0 Å². The highest BCUT2D eigenvalue weighted by atomic mass is 127. The molecule has 4 aliphatic rings. The van der Waals surface area contributed by atoms with Crippen molar-refractivity contribution in [3.63, 3.8) is 0 Å². The number of carbonyl (C=O) groups excluding carboxylic acids is 2. The van der Waals surface area contributed by atoms with E-state index in [1.54, 1.807) is 6.92 Å². The first-order valence-electron chi connectivity index (χ1n) is 8.04. The minimum absolute atomic E-state index is 0.0490. The van der Waals surface area contributed by atoms with Gasteiger partial charge in [-0.1, -0.05) is 22.6 Å². The van der Waals surface area contributed by atoms with Gasteiger partial charge < -0.3 is 14.6 Å². The molecule has 4 fully saturated rings. The molecule has 6 heteroatoms. The minimum atomic E-state index is -0.679. The number of ether oxygens (including phenoxy) is 2. The Morgan fingerprint density at radius 1 is 1.14 bits per heavy atom. The lowest BCUT2D eigenvalue weighted by Crippen LogP contribution is -2.65. The fourth-order valence-corrected chi connectivity index (χ4v) is 7.06. The van der Waals surface area contributed by atoms with Crippen molar-refractivity contribution in [1.29, 1.82) is 0 Å². The number of esters is 2. The van der Waals surface area contributed by atoms with Crippen molar-refractivity contribution in [2.75, 3.05) is 6.61 Å². The molecule has 22 heavy (non-hydrogen) atoms. The smallest absolute Gasteiger partial charge is 0.306 e. The van der Waals surface area contributed by atoms with E-state index in [4.69, 9.17) is 9.47 Å². The lowest BCUT2D eigenvalue weighted by atomic mass is 9.52. The van der Waals surface area contributed by atoms with E-state index < -0.39 is 11.2 Å². The number of rotatable bonds is 5. The fourth-order valence-electron chi connectivity index (χ4n) is 5.03. The van der Waals surface area contributed by atoms with Crippen molar-refractivity contribution < 1.29 is 24.2 Å². The Hall–Kier alpha value is -0.370. The lowest BCUT2D eigenvalue weighted by molar-refractivity contribution is -0.212. The average Bonchev–Trinajstić information content (AvgIpc) is 2.31. The second-order valence-electron chi connectivity index (χ2n) is 7.35. The molecule has 0 aromatic heterocycles. The summed E-state index contributed by atoms with van der Waals surface area (Å²) in [6.45, 7) is 2.07. The Balaban J connectivity index is 1.62. The molecule has 5 nitrogen and oxygen atoms in total. The molecule has 1 N–H and O–H groups in total. The van der Waals surface area contributed by atoms with Gasteiger partial charge in [0.1, 0.15) is 5.60 Å². The Morgan fingerprint density at radius 3 is 2.50 bits per heavy atom. The summed E-state index contributed by atoms with van der Waals surface area (Å²) >= 11 is 2.45. The normalized spacial score (nSPS) is 42.2. The van der Waals surface area contributed by atoms with E-state index in [0.717, 1.165) is 32.1 Å². The van der Waals surface area contributed by atoms with Gasteiger partial charge in [0.05, 0.1) is 25.0 Å². The van der Waals surface area contributed by atoms with Crippen LogP contribution in [-0.2, 0) is 19.1 Å². The summed E-state index contributed by atoms with van der Waals surface area (Å²) in [5.74, 6) is -0.274. The number of alkyl halides is 1. The zero-order valence-corrected chi connectivity index (χ0v) is 15.1. The van der Waals surface area contributed by atoms with Crippen molar-refractivity contribution in [3.8, 4) is 0 Å². The number of hydrogen-bond donors (Lipinski definition) is 1. The highest BCUT2D eigenvalue weighted by molar-refractivity contribution is 14.1. The summed E-state index contributed by atoms with van der Waals surface area (Å²) in [6.07, 6.45) is 5.09. The largest absolute Gasteiger partial charge is 0.466 e. The molecule has 0 aromatic rings. The lowest BCUT2D eigenvalue weighted by Gasteiger charge is -2.62. The molecule has 4 atom stereocenters. The van der Waals surface area contributed by atoms with E-state index in [0.29, 0.717) is 18.9 Å². The maximum absolute atomic E-state index is 12.1. The molecule has 4 aliphatic carbocycles. The van der Waals surface area contributed by atoms with Crippen LogP contribution in [0.1, 0.15) is 58.3 Å². The van der Waals surface area contributed by atoms with Crippen LogP contribution in [0, 0.1) is 5.92 Å². The van der Waals surface area contributed by atoms with Gasteiger partial charge >= 0.3 is 11.9 Å². The summed E-state index contributed by atoms with van der Waals surface area (Å²) in [4.78, 5) is 23.5. The number of halogens is 1. The Kier molecular flexibility index (Phi) is 4.21. The zero-order valence-electron chi connectivity index (χ0n) is 12.9. The first kappa shape index (κ1) is 16.5. The van der Waals surface area contributed by atoms with Gasteiger partial charge in [-0.2, -0.15) is 0 Å². The first-order chi connectivity index (χ1) is 10.3. The molecule has 4 bridgehead atoms. The first-order valence-corrected chi connectivity index (χ1v) is 9.12. The van der Waals surface area contributed by atoms with Crippen LogP contribution in [-0.4, -0.2) is 38.3 Å². The maximum atomic E-state index is 12.1. The third-order valence-corrected chi connectivity index (χ3v) is 6.29. The summed E-state index contributed by atoms with van der Waals surface area (Å²) in [5.41, 5.74) is -1.21. The zero-order chi connectivity index (χ0) is 16.0. The molecule has 4 unspecified atom stereocenters. The van der Waals surface area contributed by atoms with Crippen LogP contribution >= 0.6 is 22.6 Å². The molecule has 4 saturated carbocycles. The van der Waals surface area contributed by atoms with Crippen LogP contribution in [0.2, 0.25) is 0 Å². The second-order valence-corrected chi connectivity index (χ2v) is 9.63. The SMILES string of the molecule is CCOC(=O)CCC(=O)OC12CC3CC(O)(CC(I)(C3)C1)C2. The van der Waals surface area contributed by atoms with Crippen molar-refractivity contribution >= 4 is 34.5 Å². The van der Waals surface area contributed by atoms with Crippen molar-refractivity contribution in [3.05, 3.63) is 0 Å². The van der Waals surface area contributed by atoms with E-state index in [-0.39, 0.29) is 28.2 Å². The topological polar surface area (TPSA) is 72.8 Å². The van der Waals surface area contributed by atoms with E-state index in [1.807, 2.05) is 0 Å². The molecular weight excluding hydrogens is 399 g/mol. The van der Waals surface area contributed by atoms with Gasteiger partial charge in [0.15, 0.2) is 0 Å².